The maximum absolute atomic E-state index is 9.02. The number of benzene rings is 2. The zero-order chi connectivity index (χ0) is 18.1. The van der Waals surface area contributed by atoms with E-state index in [1.165, 1.54) is 0 Å². The standard InChI is InChI=1S/C20H15N5O/c1-26-15-4-2-3-14(9-15)17-10-16(13-7-5-12(11-21)6-8-13)18-19(22)24-25-20(18)23-17/h2-10H,1H3,(H3,22,23,24,25). The molecule has 0 atom stereocenters. The van der Waals surface area contributed by atoms with Gasteiger partial charge in [-0.1, -0.05) is 24.3 Å². The summed E-state index contributed by atoms with van der Waals surface area (Å²) in [5.41, 5.74) is 10.8. The summed E-state index contributed by atoms with van der Waals surface area (Å²) in [6, 6.07) is 19.2. The number of aromatic amines is 1. The average molecular weight is 341 g/mol. The van der Waals surface area contributed by atoms with Gasteiger partial charge in [-0.25, -0.2) is 4.98 Å². The van der Waals surface area contributed by atoms with Crippen LogP contribution >= 0.6 is 0 Å². The molecular formula is C20H15N5O. The average Bonchev–Trinajstić information content (AvgIpc) is 3.08. The Kier molecular flexibility index (Phi) is 3.75. The first kappa shape index (κ1) is 15.7. The molecule has 6 nitrogen and oxygen atoms in total. The zero-order valence-electron chi connectivity index (χ0n) is 14.0. The van der Waals surface area contributed by atoms with Crippen molar-refractivity contribution in [3.63, 3.8) is 0 Å². The van der Waals surface area contributed by atoms with Crippen molar-refractivity contribution in [1.82, 2.24) is 15.2 Å². The topological polar surface area (TPSA) is 101 Å². The van der Waals surface area contributed by atoms with Crippen molar-refractivity contribution < 1.29 is 4.74 Å². The highest BCUT2D eigenvalue weighted by Gasteiger charge is 2.15. The number of hydrogen-bond donors (Lipinski definition) is 2. The van der Waals surface area contributed by atoms with E-state index in [-0.39, 0.29) is 0 Å². The third-order valence-electron chi connectivity index (χ3n) is 4.24. The number of nitrogen functional groups attached to an aromatic ring is 1. The Labute approximate surface area is 149 Å². The van der Waals surface area contributed by atoms with E-state index in [0.29, 0.717) is 17.0 Å². The second-order valence-corrected chi connectivity index (χ2v) is 5.81. The highest BCUT2D eigenvalue weighted by molar-refractivity contribution is 6.01. The minimum Gasteiger partial charge on any atom is -0.497 e. The summed E-state index contributed by atoms with van der Waals surface area (Å²) in [7, 11) is 1.63. The number of ether oxygens (including phenoxy) is 1. The second-order valence-electron chi connectivity index (χ2n) is 5.81. The van der Waals surface area contributed by atoms with E-state index >= 15 is 0 Å². The molecule has 0 spiro atoms. The summed E-state index contributed by atoms with van der Waals surface area (Å²) >= 11 is 0. The molecule has 0 saturated carbocycles. The molecule has 4 aromatic rings. The van der Waals surface area contributed by atoms with Crippen LogP contribution in [0.3, 0.4) is 0 Å². The number of nitriles is 1. The van der Waals surface area contributed by atoms with Gasteiger partial charge >= 0.3 is 0 Å². The van der Waals surface area contributed by atoms with E-state index in [1.807, 2.05) is 42.5 Å². The fourth-order valence-electron chi connectivity index (χ4n) is 2.93. The first-order chi connectivity index (χ1) is 12.7. The quantitative estimate of drug-likeness (QED) is 0.591. The predicted octanol–water partition coefficient (Wildman–Crippen LogP) is 3.75. The van der Waals surface area contributed by atoms with Crippen molar-refractivity contribution >= 4 is 16.9 Å². The lowest BCUT2D eigenvalue weighted by atomic mass is 9.99. The van der Waals surface area contributed by atoms with Crippen LogP contribution in [0.15, 0.2) is 54.6 Å². The number of H-pyrrole nitrogens is 1. The number of rotatable bonds is 3. The molecule has 126 valence electrons. The SMILES string of the molecule is COc1cccc(-c2cc(-c3ccc(C#N)cc3)c3c(N)[nH]nc3n2)c1. The molecule has 0 aliphatic carbocycles. The molecular weight excluding hydrogens is 326 g/mol. The third kappa shape index (κ3) is 2.62. The zero-order valence-corrected chi connectivity index (χ0v) is 14.0. The normalized spacial score (nSPS) is 10.6. The molecule has 0 amide bonds. The maximum atomic E-state index is 9.02. The van der Waals surface area contributed by atoms with Gasteiger partial charge < -0.3 is 10.5 Å². The van der Waals surface area contributed by atoms with Gasteiger partial charge in [0, 0.05) is 5.56 Å². The van der Waals surface area contributed by atoms with E-state index < -0.39 is 0 Å². The van der Waals surface area contributed by atoms with E-state index in [4.69, 9.17) is 15.7 Å². The monoisotopic (exact) mass is 341 g/mol. The first-order valence-electron chi connectivity index (χ1n) is 7.99. The van der Waals surface area contributed by atoms with Gasteiger partial charge in [0.05, 0.1) is 29.8 Å². The molecule has 0 unspecified atom stereocenters. The molecule has 0 saturated heterocycles. The maximum Gasteiger partial charge on any atom is 0.184 e. The van der Waals surface area contributed by atoms with Gasteiger partial charge in [-0.2, -0.15) is 10.4 Å². The number of methoxy groups -OCH3 is 1. The molecule has 3 N–H and O–H groups in total. The minimum atomic E-state index is 0.462. The third-order valence-corrected chi connectivity index (χ3v) is 4.24. The fourth-order valence-corrected chi connectivity index (χ4v) is 2.93. The van der Waals surface area contributed by atoms with Gasteiger partial charge in [-0.05, 0) is 41.5 Å². The number of aromatic nitrogens is 3. The Balaban J connectivity index is 1.95. The molecule has 0 fully saturated rings. The Hall–Kier alpha value is -3.85. The predicted molar refractivity (Wildman–Crippen MR) is 100 cm³/mol. The summed E-state index contributed by atoms with van der Waals surface area (Å²) in [5, 5.41) is 16.8. The van der Waals surface area contributed by atoms with Crippen LogP contribution in [0.5, 0.6) is 5.75 Å². The molecule has 0 radical (unpaired) electrons. The number of pyridine rings is 1. The van der Waals surface area contributed by atoms with Crippen LogP contribution in [0.2, 0.25) is 0 Å². The number of nitrogens with zero attached hydrogens (tertiary/aromatic N) is 3. The number of fused-ring (bicyclic) bond motifs is 1. The molecule has 2 aromatic heterocycles. The molecule has 26 heavy (non-hydrogen) atoms. The Morgan fingerprint density at radius 1 is 1.08 bits per heavy atom. The number of anilines is 1. The van der Waals surface area contributed by atoms with E-state index in [2.05, 4.69) is 21.3 Å². The van der Waals surface area contributed by atoms with Gasteiger partial charge in [0.15, 0.2) is 5.65 Å². The van der Waals surface area contributed by atoms with E-state index in [9.17, 15) is 0 Å². The summed E-state index contributed by atoms with van der Waals surface area (Å²) < 4.78 is 5.31. The van der Waals surface area contributed by atoms with E-state index in [0.717, 1.165) is 33.5 Å². The van der Waals surface area contributed by atoms with Crippen LogP contribution in [-0.2, 0) is 0 Å². The van der Waals surface area contributed by atoms with Crippen LogP contribution in [0, 0.1) is 11.3 Å². The van der Waals surface area contributed by atoms with Crippen molar-refractivity contribution in [2.75, 3.05) is 12.8 Å². The van der Waals surface area contributed by atoms with Gasteiger partial charge in [0.1, 0.15) is 11.6 Å². The second kappa shape index (κ2) is 6.22. The summed E-state index contributed by atoms with van der Waals surface area (Å²) in [4.78, 5) is 4.63. The molecule has 0 aliphatic rings. The van der Waals surface area contributed by atoms with Crippen LogP contribution in [0.1, 0.15) is 5.56 Å². The van der Waals surface area contributed by atoms with Crippen LogP contribution in [0.4, 0.5) is 5.82 Å². The first-order valence-corrected chi connectivity index (χ1v) is 7.99. The Bertz CT molecular complexity index is 1140. The number of nitrogens with one attached hydrogen (secondary N) is 1. The van der Waals surface area contributed by atoms with E-state index in [1.54, 1.807) is 19.2 Å². The van der Waals surface area contributed by atoms with Gasteiger partial charge in [-0.15, -0.1) is 0 Å². The lowest BCUT2D eigenvalue weighted by molar-refractivity contribution is 0.415. The fraction of sp³-hybridized carbons (Fsp3) is 0.0500. The summed E-state index contributed by atoms with van der Waals surface area (Å²) in [6.45, 7) is 0. The summed E-state index contributed by atoms with van der Waals surface area (Å²) in [6.07, 6.45) is 0. The molecule has 6 heteroatoms. The largest absolute Gasteiger partial charge is 0.497 e. The van der Waals surface area contributed by atoms with Crippen LogP contribution in [-0.4, -0.2) is 22.3 Å². The Morgan fingerprint density at radius 3 is 2.62 bits per heavy atom. The molecule has 4 rings (SSSR count). The molecule has 0 aliphatic heterocycles. The van der Waals surface area contributed by atoms with Gasteiger partial charge in [0.25, 0.3) is 0 Å². The molecule has 2 aromatic carbocycles. The van der Waals surface area contributed by atoms with Crippen LogP contribution in [0.25, 0.3) is 33.4 Å². The molecule has 2 heterocycles. The minimum absolute atomic E-state index is 0.462. The van der Waals surface area contributed by atoms with Crippen molar-refractivity contribution in [3.8, 4) is 34.2 Å². The van der Waals surface area contributed by atoms with Crippen molar-refractivity contribution in [3.05, 3.63) is 60.2 Å². The highest BCUT2D eigenvalue weighted by atomic mass is 16.5. The molecule has 0 bridgehead atoms. The number of hydrogen-bond acceptors (Lipinski definition) is 5. The smallest absolute Gasteiger partial charge is 0.184 e. The number of nitrogens with two attached hydrogens (primary N) is 1. The highest BCUT2D eigenvalue weighted by Crippen LogP contribution is 2.34. The van der Waals surface area contributed by atoms with Gasteiger partial charge in [0.2, 0.25) is 0 Å². The summed E-state index contributed by atoms with van der Waals surface area (Å²) in [5.74, 6) is 1.22. The van der Waals surface area contributed by atoms with Crippen molar-refractivity contribution in [2.45, 2.75) is 0 Å². The van der Waals surface area contributed by atoms with Crippen molar-refractivity contribution in [1.29, 1.82) is 5.26 Å². The Morgan fingerprint density at radius 2 is 1.88 bits per heavy atom. The lowest BCUT2D eigenvalue weighted by Gasteiger charge is -2.09. The lowest BCUT2D eigenvalue weighted by Crippen LogP contribution is -1.92. The van der Waals surface area contributed by atoms with Gasteiger partial charge in [-0.3, -0.25) is 5.10 Å². The van der Waals surface area contributed by atoms with Crippen molar-refractivity contribution in [2.24, 2.45) is 0 Å². The van der Waals surface area contributed by atoms with Crippen LogP contribution < -0.4 is 10.5 Å².